The number of nitrogens with two attached hydrogens (primary N) is 1. The number of nitro groups is 1. The summed E-state index contributed by atoms with van der Waals surface area (Å²) in [7, 11) is -3.93. The van der Waals surface area contributed by atoms with Crippen LogP contribution >= 0.6 is 0 Å². The topological polar surface area (TPSA) is 107 Å². The smallest absolute Gasteiger partial charge is 0.289 e. The second kappa shape index (κ2) is 4.87. The van der Waals surface area contributed by atoms with Crippen molar-refractivity contribution in [1.29, 1.82) is 0 Å². The minimum Gasteiger partial charge on any atom is -0.315 e. The highest BCUT2D eigenvalue weighted by Crippen LogP contribution is 2.32. The predicted octanol–water partition coefficient (Wildman–Crippen LogP) is 0.973. The zero-order chi connectivity index (χ0) is 14.2. The summed E-state index contributed by atoms with van der Waals surface area (Å²) in [6.07, 6.45) is 0.628. The molecule has 1 unspecified atom stereocenters. The minimum absolute atomic E-state index is 0.252. The molecule has 2 rings (SSSR count). The molecule has 1 fully saturated rings. The van der Waals surface area contributed by atoms with E-state index in [0.29, 0.717) is 24.9 Å². The summed E-state index contributed by atoms with van der Waals surface area (Å²) < 4.78 is 26.2. The number of sulfonamides is 1. The molecule has 1 aromatic carbocycles. The van der Waals surface area contributed by atoms with Crippen LogP contribution in [0.2, 0.25) is 0 Å². The molecule has 1 aliphatic heterocycles. The normalized spacial score (nSPS) is 20.6. The largest absolute Gasteiger partial charge is 0.315 e. The van der Waals surface area contributed by atoms with E-state index in [9.17, 15) is 18.5 Å². The van der Waals surface area contributed by atoms with Crippen LogP contribution in [0.4, 0.5) is 5.69 Å². The van der Waals surface area contributed by atoms with Crippen LogP contribution < -0.4 is 5.73 Å². The lowest BCUT2D eigenvalue weighted by atomic mass is 10.2. The van der Waals surface area contributed by atoms with Crippen molar-refractivity contribution in [3.8, 4) is 0 Å². The number of nitro benzene ring substituents is 1. The number of aryl methyl sites for hydroxylation is 1. The molecule has 2 N–H and O–H groups in total. The average Bonchev–Trinajstić information content (AvgIpc) is 2.75. The van der Waals surface area contributed by atoms with Crippen LogP contribution in [0.15, 0.2) is 23.1 Å². The Morgan fingerprint density at radius 2 is 2.16 bits per heavy atom. The van der Waals surface area contributed by atoms with Gasteiger partial charge in [0, 0.05) is 12.6 Å². The van der Waals surface area contributed by atoms with Crippen molar-refractivity contribution in [2.45, 2.75) is 30.8 Å². The van der Waals surface area contributed by atoms with Crippen molar-refractivity contribution in [2.24, 2.45) is 5.73 Å². The van der Waals surface area contributed by atoms with E-state index in [2.05, 4.69) is 0 Å². The van der Waals surface area contributed by atoms with Gasteiger partial charge in [-0.3, -0.25) is 10.1 Å². The van der Waals surface area contributed by atoms with Gasteiger partial charge in [-0.25, -0.2) is 8.42 Å². The minimum atomic E-state index is -3.93. The average molecular weight is 285 g/mol. The fraction of sp³-hybridized carbons (Fsp3) is 0.455. The summed E-state index contributed by atoms with van der Waals surface area (Å²) in [5.41, 5.74) is 5.71. The maximum atomic E-state index is 12.5. The molecule has 1 atom stereocenters. The molecular weight excluding hydrogens is 270 g/mol. The van der Waals surface area contributed by atoms with E-state index < -0.39 is 26.8 Å². The third-order valence-electron chi connectivity index (χ3n) is 3.20. The molecule has 1 aromatic rings. The molecule has 0 aliphatic carbocycles. The molecule has 1 saturated heterocycles. The van der Waals surface area contributed by atoms with Gasteiger partial charge in [0.2, 0.25) is 0 Å². The highest BCUT2D eigenvalue weighted by Gasteiger charge is 2.38. The summed E-state index contributed by atoms with van der Waals surface area (Å²) >= 11 is 0. The van der Waals surface area contributed by atoms with Crippen LogP contribution in [-0.2, 0) is 10.0 Å². The van der Waals surface area contributed by atoms with Gasteiger partial charge < -0.3 is 5.73 Å². The van der Waals surface area contributed by atoms with Gasteiger partial charge in [0.05, 0.1) is 11.1 Å². The lowest BCUT2D eigenvalue weighted by molar-refractivity contribution is -0.387. The van der Waals surface area contributed by atoms with Crippen LogP contribution in [0.25, 0.3) is 0 Å². The van der Waals surface area contributed by atoms with E-state index in [-0.39, 0.29) is 4.90 Å². The Balaban J connectivity index is 2.61. The predicted molar refractivity (Wildman–Crippen MR) is 68.9 cm³/mol. The molecular formula is C11H15N3O4S. The molecule has 0 amide bonds. The number of hydrogen-bond donors (Lipinski definition) is 1. The van der Waals surface area contributed by atoms with Crippen LogP contribution in [0.1, 0.15) is 18.4 Å². The van der Waals surface area contributed by atoms with Crippen molar-refractivity contribution in [3.05, 3.63) is 33.9 Å². The molecule has 0 bridgehead atoms. The van der Waals surface area contributed by atoms with Crippen molar-refractivity contribution in [3.63, 3.8) is 0 Å². The molecule has 1 aliphatic rings. The van der Waals surface area contributed by atoms with Crippen LogP contribution in [0.3, 0.4) is 0 Å². The Bertz CT molecular complexity index is 614. The van der Waals surface area contributed by atoms with Crippen LogP contribution in [0, 0.1) is 17.0 Å². The molecule has 104 valence electrons. The Hall–Kier alpha value is -1.51. The maximum absolute atomic E-state index is 12.5. The fourth-order valence-corrected chi connectivity index (χ4v) is 4.25. The Labute approximate surface area is 111 Å². The lowest BCUT2D eigenvalue weighted by Crippen LogP contribution is -2.41. The van der Waals surface area contributed by atoms with E-state index in [1.54, 1.807) is 13.0 Å². The molecule has 0 aromatic heterocycles. The van der Waals surface area contributed by atoms with Crippen molar-refractivity contribution >= 4 is 15.7 Å². The summed E-state index contributed by atoms with van der Waals surface area (Å²) in [5.74, 6) is 0. The van der Waals surface area contributed by atoms with E-state index in [0.717, 1.165) is 4.31 Å². The van der Waals surface area contributed by atoms with Crippen LogP contribution in [0.5, 0.6) is 0 Å². The lowest BCUT2D eigenvalue weighted by Gasteiger charge is -2.21. The second-order valence-corrected chi connectivity index (χ2v) is 6.33. The van der Waals surface area contributed by atoms with Gasteiger partial charge in [-0.15, -0.1) is 0 Å². The summed E-state index contributed by atoms with van der Waals surface area (Å²) in [6, 6.07) is 4.21. The quantitative estimate of drug-likeness (QED) is 0.658. The Kier molecular flexibility index (Phi) is 3.57. The summed E-state index contributed by atoms with van der Waals surface area (Å²) in [6.45, 7) is 1.84. The van der Waals surface area contributed by atoms with Gasteiger partial charge in [0.1, 0.15) is 0 Å². The monoisotopic (exact) mass is 285 g/mol. The van der Waals surface area contributed by atoms with Gasteiger partial charge >= 0.3 is 0 Å². The first kappa shape index (κ1) is 13.9. The molecule has 8 heteroatoms. The maximum Gasteiger partial charge on any atom is 0.289 e. The second-order valence-electron chi connectivity index (χ2n) is 4.51. The first-order valence-corrected chi connectivity index (χ1v) is 7.31. The third kappa shape index (κ3) is 2.34. The number of benzene rings is 1. The molecule has 7 nitrogen and oxygen atoms in total. The van der Waals surface area contributed by atoms with Gasteiger partial charge in [-0.2, -0.15) is 4.31 Å². The molecule has 0 spiro atoms. The van der Waals surface area contributed by atoms with Gasteiger partial charge in [-0.1, -0.05) is 12.1 Å². The van der Waals surface area contributed by atoms with Gasteiger partial charge in [0.15, 0.2) is 4.90 Å². The number of hydrogen-bond acceptors (Lipinski definition) is 5. The zero-order valence-corrected chi connectivity index (χ0v) is 11.3. The Morgan fingerprint density at radius 1 is 1.47 bits per heavy atom. The SMILES string of the molecule is Cc1cccc([N+](=O)[O-])c1S(=O)(=O)N1CCCC1N. The van der Waals surface area contributed by atoms with Crippen molar-refractivity contribution in [1.82, 2.24) is 4.31 Å². The summed E-state index contributed by atoms with van der Waals surface area (Å²) in [4.78, 5) is 10.1. The van der Waals surface area contributed by atoms with E-state index in [1.807, 2.05) is 0 Å². The molecule has 0 saturated carbocycles. The fourth-order valence-electron chi connectivity index (χ4n) is 2.30. The molecule has 1 heterocycles. The first-order valence-electron chi connectivity index (χ1n) is 5.87. The third-order valence-corrected chi connectivity index (χ3v) is 5.32. The summed E-state index contributed by atoms with van der Waals surface area (Å²) in [5, 5.41) is 11.0. The first-order chi connectivity index (χ1) is 8.85. The number of rotatable bonds is 3. The number of nitrogens with zero attached hydrogens (tertiary/aromatic N) is 2. The highest BCUT2D eigenvalue weighted by molar-refractivity contribution is 7.89. The molecule has 0 radical (unpaired) electrons. The van der Waals surface area contributed by atoms with Crippen molar-refractivity contribution in [2.75, 3.05) is 6.54 Å². The Morgan fingerprint density at radius 3 is 2.68 bits per heavy atom. The van der Waals surface area contributed by atoms with Crippen LogP contribution in [-0.4, -0.2) is 30.4 Å². The van der Waals surface area contributed by atoms with Crippen molar-refractivity contribution < 1.29 is 13.3 Å². The van der Waals surface area contributed by atoms with E-state index in [1.165, 1.54) is 12.1 Å². The van der Waals surface area contributed by atoms with E-state index in [4.69, 9.17) is 5.73 Å². The molecule has 19 heavy (non-hydrogen) atoms. The van der Waals surface area contributed by atoms with E-state index >= 15 is 0 Å². The van der Waals surface area contributed by atoms with Gasteiger partial charge in [-0.05, 0) is 25.3 Å². The zero-order valence-electron chi connectivity index (χ0n) is 10.4. The van der Waals surface area contributed by atoms with Gasteiger partial charge in [0.25, 0.3) is 15.7 Å². The highest BCUT2D eigenvalue weighted by atomic mass is 32.2. The standard InChI is InChI=1S/C11H15N3O4S/c1-8-4-2-5-9(14(15)16)11(8)19(17,18)13-7-3-6-10(13)12/h2,4-5,10H,3,6-7,12H2,1H3.